The number of halogens is 1. The summed E-state index contributed by atoms with van der Waals surface area (Å²) in [6.45, 7) is 0.523. The van der Waals surface area contributed by atoms with Crippen LogP contribution in [0.5, 0.6) is 0 Å². The summed E-state index contributed by atoms with van der Waals surface area (Å²) in [5.74, 6) is 0.00403. The molecule has 0 aliphatic carbocycles. The van der Waals surface area contributed by atoms with Crippen molar-refractivity contribution in [2.45, 2.75) is 6.42 Å². The van der Waals surface area contributed by atoms with E-state index in [1.54, 1.807) is 0 Å². The number of nitrogens with one attached hydrogen (secondary N) is 2. The molecule has 2 N–H and O–H groups in total. The van der Waals surface area contributed by atoms with Crippen molar-refractivity contribution in [2.75, 3.05) is 24.7 Å². The highest BCUT2D eigenvalue weighted by Gasteiger charge is 2.16. The van der Waals surface area contributed by atoms with E-state index in [1.165, 1.54) is 0 Å². The molecule has 0 aliphatic rings. The first-order valence-corrected chi connectivity index (χ1v) is 7.42. The zero-order valence-electron chi connectivity index (χ0n) is 9.96. The van der Waals surface area contributed by atoms with Crippen LogP contribution in [0.2, 0.25) is 5.28 Å². The Morgan fingerprint density at radius 3 is 2.74 bits per heavy atom. The van der Waals surface area contributed by atoms with Gasteiger partial charge in [0.1, 0.15) is 6.20 Å². The number of aromatic nitrogens is 2. The van der Waals surface area contributed by atoms with Gasteiger partial charge >= 0.3 is 5.69 Å². The molecule has 0 unspecified atom stereocenters. The van der Waals surface area contributed by atoms with Gasteiger partial charge in [-0.15, -0.1) is 0 Å². The zero-order chi connectivity index (χ0) is 14.5. The number of hydrogen-bond acceptors (Lipinski definition) is 7. The summed E-state index contributed by atoms with van der Waals surface area (Å²) in [7, 11) is -3.23. The van der Waals surface area contributed by atoms with Crippen LogP contribution in [-0.4, -0.2) is 42.7 Å². The highest BCUT2D eigenvalue weighted by molar-refractivity contribution is 7.88. The summed E-state index contributed by atoms with van der Waals surface area (Å²) in [5, 5.41) is 13.3. The van der Waals surface area contributed by atoms with Gasteiger partial charge in [0.2, 0.25) is 21.1 Å². The number of nitrogens with zero attached hydrogens (tertiary/aromatic N) is 3. The number of nitro groups is 1. The lowest BCUT2D eigenvalue weighted by atomic mass is 10.4. The monoisotopic (exact) mass is 309 g/mol. The molecule has 0 aromatic carbocycles. The van der Waals surface area contributed by atoms with Crippen LogP contribution in [0.15, 0.2) is 6.20 Å². The van der Waals surface area contributed by atoms with E-state index in [2.05, 4.69) is 20.0 Å². The van der Waals surface area contributed by atoms with Gasteiger partial charge in [-0.3, -0.25) is 10.1 Å². The topological polar surface area (TPSA) is 127 Å². The fourth-order valence-electron chi connectivity index (χ4n) is 1.17. The van der Waals surface area contributed by atoms with Crippen molar-refractivity contribution in [3.8, 4) is 0 Å². The lowest BCUT2D eigenvalue weighted by Gasteiger charge is -2.06. The smallest absolute Gasteiger partial charge is 0.329 e. The number of sulfonamides is 1. The van der Waals surface area contributed by atoms with Gasteiger partial charge in [-0.25, -0.2) is 18.1 Å². The van der Waals surface area contributed by atoms with Crippen LogP contribution in [0.25, 0.3) is 0 Å². The first-order valence-electron chi connectivity index (χ1n) is 5.15. The molecule has 1 aromatic heterocycles. The Balaban J connectivity index is 2.53. The van der Waals surface area contributed by atoms with Crippen LogP contribution in [0.3, 0.4) is 0 Å². The molecule has 0 bridgehead atoms. The van der Waals surface area contributed by atoms with Crippen LogP contribution in [-0.2, 0) is 10.0 Å². The largest absolute Gasteiger partial charge is 0.364 e. The third-order valence-corrected chi connectivity index (χ3v) is 2.86. The predicted molar refractivity (Wildman–Crippen MR) is 69.6 cm³/mol. The van der Waals surface area contributed by atoms with E-state index >= 15 is 0 Å². The minimum atomic E-state index is -3.23. The highest BCUT2D eigenvalue weighted by atomic mass is 35.5. The highest BCUT2D eigenvalue weighted by Crippen LogP contribution is 2.21. The van der Waals surface area contributed by atoms with Gasteiger partial charge in [-0.1, -0.05) is 0 Å². The van der Waals surface area contributed by atoms with Gasteiger partial charge in [0.05, 0.1) is 11.2 Å². The fraction of sp³-hybridized carbons (Fsp3) is 0.500. The molecular formula is C8H12ClN5O4S. The van der Waals surface area contributed by atoms with E-state index in [-0.39, 0.29) is 23.3 Å². The molecule has 11 heteroatoms. The van der Waals surface area contributed by atoms with Crippen molar-refractivity contribution in [3.63, 3.8) is 0 Å². The fourth-order valence-corrected chi connectivity index (χ4v) is 1.82. The maximum absolute atomic E-state index is 10.8. The molecule has 1 rings (SSSR count). The maximum atomic E-state index is 10.8. The minimum Gasteiger partial charge on any atom is -0.364 e. The van der Waals surface area contributed by atoms with Crippen LogP contribution < -0.4 is 10.0 Å². The van der Waals surface area contributed by atoms with Crippen LogP contribution in [0.1, 0.15) is 6.42 Å². The Bertz CT molecular complexity index is 564. The summed E-state index contributed by atoms with van der Waals surface area (Å²) < 4.78 is 23.9. The standard InChI is InChI=1S/C8H12ClN5O4S/c1-19(17,18)12-4-2-3-10-7-6(14(15)16)5-11-8(9)13-7/h5,12H,2-4H2,1H3,(H,10,11,13). The van der Waals surface area contributed by atoms with E-state index in [0.29, 0.717) is 13.0 Å². The number of rotatable bonds is 7. The van der Waals surface area contributed by atoms with E-state index < -0.39 is 14.9 Å². The SMILES string of the molecule is CS(=O)(=O)NCCCNc1nc(Cl)ncc1[N+](=O)[O-]. The molecule has 0 saturated heterocycles. The molecule has 0 amide bonds. The second kappa shape index (κ2) is 6.59. The first-order chi connectivity index (χ1) is 8.79. The molecule has 0 saturated carbocycles. The van der Waals surface area contributed by atoms with Crippen molar-refractivity contribution in [2.24, 2.45) is 0 Å². The summed E-state index contributed by atoms with van der Waals surface area (Å²) in [5.41, 5.74) is -0.291. The number of anilines is 1. The van der Waals surface area contributed by atoms with E-state index in [1.807, 2.05) is 0 Å². The van der Waals surface area contributed by atoms with Crippen molar-refractivity contribution < 1.29 is 13.3 Å². The van der Waals surface area contributed by atoms with Crippen molar-refractivity contribution in [1.82, 2.24) is 14.7 Å². The van der Waals surface area contributed by atoms with Crippen LogP contribution in [0, 0.1) is 10.1 Å². The van der Waals surface area contributed by atoms with Gasteiger partial charge in [0.25, 0.3) is 0 Å². The third kappa shape index (κ3) is 5.77. The van der Waals surface area contributed by atoms with Crippen molar-refractivity contribution in [3.05, 3.63) is 21.6 Å². The molecule has 1 heterocycles. The summed E-state index contributed by atoms with van der Waals surface area (Å²) in [6.07, 6.45) is 2.49. The average molecular weight is 310 g/mol. The Morgan fingerprint density at radius 2 is 2.16 bits per heavy atom. The first kappa shape index (κ1) is 15.5. The van der Waals surface area contributed by atoms with Crippen LogP contribution in [0.4, 0.5) is 11.5 Å². The minimum absolute atomic E-state index is 0.00403. The molecule has 0 radical (unpaired) electrons. The Kier molecular flexibility index (Phi) is 5.39. The van der Waals surface area contributed by atoms with Gasteiger partial charge in [0, 0.05) is 13.1 Å². The summed E-state index contributed by atoms with van der Waals surface area (Å²) in [4.78, 5) is 17.3. The Labute approximate surface area is 114 Å². The molecule has 0 fully saturated rings. The summed E-state index contributed by atoms with van der Waals surface area (Å²) in [6, 6.07) is 0. The van der Waals surface area contributed by atoms with Gasteiger partial charge in [0.15, 0.2) is 0 Å². The molecule has 0 spiro atoms. The summed E-state index contributed by atoms with van der Waals surface area (Å²) >= 11 is 5.54. The van der Waals surface area contributed by atoms with Gasteiger partial charge < -0.3 is 5.32 Å². The second-order valence-corrected chi connectivity index (χ2v) is 5.75. The molecule has 19 heavy (non-hydrogen) atoms. The molecule has 1 aromatic rings. The van der Waals surface area contributed by atoms with E-state index in [9.17, 15) is 18.5 Å². The third-order valence-electron chi connectivity index (χ3n) is 1.95. The molecule has 0 atom stereocenters. The lowest BCUT2D eigenvalue weighted by molar-refractivity contribution is -0.384. The van der Waals surface area contributed by atoms with Gasteiger partial charge in [-0.2, -0.15) is 4.98 Å². The molecular weight excluding hydrogens is 298 g/mol. The molecule has 9 nitrogen and oxygen atoms in total. The predicted octanol–water partition coefficient (Wildman–Crippen LogP) is 0.389. The number of hydrogen-bond donors (Lipinski definition) is 2. The average Bonchev–Trinajstić information content (AvgIpc) is 2.26. The normalized spacial score (nSPS) is 11.3. The Morgan fingerprint density at radius 1 is 1.47 bits per heavy atom. The van der Waals surface area contributed by atoms with Crippen molar-refractivity contribution >= 4 is 33.1 Å². The zero-order valence-corrected chi connectivity index (χ0v) is 11.5. The van der Waals surface area contributed by atoms with E-state index in [4.69, 9.17) is 11.6 Å². The lowest BCUT2D eigenvalue weighted by Crippen LogP contribution is -2.24. The molecule has 106 valence electrons. The molecule has 0 aliphatic heterocycles. The Hall–Kier alpha value is -1.52. The van der Waals surface area contributed by atoms with Crippen LogP contribution >= 0.6 is 11.6 Å². The van der Waals surface area contributed by atoms with E-state index in [0.717, 1.165) is 12.5 Å². The maximum Gasteiger partial charge on any atom is 0.329 e. The van der Waals surface area contributed by atoms with Crippen molar-refractivity contribution in [1.29, 1.82) is 0 Å². The quantitative estimate of drug-likeness (QED) is 0.323. The second-order valence-electron chi connectivity index (χ2n) is 3.58. The van der Waals surface area contributed by atoms with Gasteiger partial charge in [-0.05, 0) is 18.0 Å².